The SMILES string of the molecule is [O-][S+](Cc1c(F)cccc1Cl)c1nc2cnccc2[nH]1. The quantitative estimate of drug-likeness (QED) is 0.756. The van der Waals surface area contributed by atoms with Gasteiger partial charge in [-0.15, -0.1) is 0 Å². The number of benzene rings is 1. The molecule has 4 nitrogen and oxygen atoms in total. The Morgan fingerprint density at radius 3 is 2.95 bits per heavy atom. The van der Waals surface area contributed by atoms with Crippen molar-refractivity contribution in [3.63, 3.8) is 0 Å². The molecule has 2 heterocycles. The summed E-state index contributed by atoms with van der Waals surface area (Å²) >= 11 is 4.42. The number of halogens is 2. The van der Waals surface area contributed by atoms with Crippen LogP contribution in [-0.2, 0) is 16.9 Å². The van der Waals surface area contributed by atoms with Gasteiger partial charge in [-0.05, 0) is 18.2 Å². The molecule has 0 fully saturated rings. The summed E-state index contributed by atoms with van der Waals surface area (Å²) in [5.41, 5.74) is 1.59. The van der Waals surface area contributed by atoms with Gasteiger partial charge in [0.1, 0.15) is 17.1 Å². The Labute approximate surface area is 122 Å². The van der Waals surface area contributed by atoms with Gasteiger partial charge in [-0.3, -0.25) is 9.97 Å². The molecule has 2 aromatic heterocycles. The number of aromatic nitrogens is 3. The van der Waals surface area contributed by atoms with Gasteiger partial charge in [0, 0.05) is 17.4 Å². The van der Waals surface area contributed by atoms with Crippen LogP contribution in [0.25, 0.3) is 11.0 Å². The summed E-state index contributed by atoms with van der Waals surface area (Å²) in [6.45, 7) is 0. The molecule has 0 saturated heterocycles. The Bertz CT molecular complexity index is 711. The highest BCUT2D eigenvalue weighted by atomic mass is 35.5. The summed E-state index contributed by atoms with van der Waals surface area (Å²) in [6, 6.07) is 6.11. The van der Waals surface area contributed by atoms with Crippen molar-refractivity contribution in [3.05, 3.63) is 53.1 Å². The molecule has 3 aromatic rings. The molecule has 3 rings (SSSR count). The van der Waals surface area contributed by atoms with Crippen molar-refractivity contribution in [3.8, 4) is 0 Å². The predicted molar refractivity (Wildman–Crippen MR) is 75.4 cm³/mol. The number of nitrogens with one attached hydrogen (secondary N) is 1. The van der Waals surface area contributed by atoms with Crippen molar-refractivity contribution in [1.29, 1.82) is 0 Å². The van der Waals surface area contributed by atoms with E-state index < -0.39 is 17.0 Å². The van der Waals surface area contributed by atoms with E-state index in [1.807, 2.05) is 0 Å². The zero-order chi connectivity index (χ0) is 14.1. The van der Waals surface area contributed by atoms with Crippen LogP contribution < -0.4 is 0 Å². The molecule has 0 aliphatic rings. The number of aromatic amines is 1. The number of hydrogen-bond acceptors (Lipinski definition) is 3. The molecular weight excluding hydrogens is 301 g/mol. The molecular formula is C13H9ClFN3OS. The van der Waals surface area contributed by atoms with Crippen LogP contribution in [0.3, 0.4) is 0 Å². The van der Waals surface area contributed by atoms with Crippen molar-refractivity contribution in [2.75, 3.05) is 0 Å². The molecule has 0 aliphatic heterocycles. The van der Waals surface area contributed by atoms with Gasteiger partial charge in [-0.25, -0.2) is 4.39 Å². The van der Waals surface area contributed by atoms with Gasteiger partial charge in [0.25, 0.3) is 0 Å². The average Bonchev–Trinajstić information content (AvgIpc) is 2.87. The second-order valence-electron chi connectivity index (χ2n) is 4.12. The van der Waals surface area contributed by atoms with Crippen molar-refractivity contribution in [2.24, 2.45) is 0 Å². The van der Waals surface area contributed by atoms with Gasteiger partial charge in [-0.2, -0.15) is 4.98 Å². The molecule has 0 saturated carbocycles. The lowest BCUT2D eigenvalue weighted by Gasteiger charge is -2.09. The average molecular weight is 310 g/mol. The Hall–Kier alpha value is -1.63. The Morgan fingerprint density at radius 1 is 1.35 bits per heavy atom. The zero-order valence-electron chi connectivity index (χ0n) is 10.1. The first-order chi connectivity index (χ1) is 9.65. The molecule has 1 atom stereocenters. The topological polar surface area (TPSA) is 64.6 Å². The van der Waals surface area contributed by atoms with Crippen LogP contribution >= 0.6 is 11.6 Å². The molecule has 20 heavy (non-hydrogen) atoms. The lowest BCUT2D eigenvalue weighted by Crippen LogP contribution is -2.08. The van der Waals surface area contributed by atoms with Crippen molar-refractivity contribution in [2.45, 2.75) is 10.9 Å². The van der Waals surface area contributed by atoms with Crippen LogP contribution in [0.4, 0.5) is 4.39 Å². The standard InChI is InChI=1S/C13H9ClFN3OS/c14-9-2-1-3-10(15)8(9)7-20(19)13-17-11-4-5-16-6-12(11)18-13/h1-6H,7H2,(H,17,18). The van der Waals surface area contributed by atoms with Gasteiger partial charge in [0.2, 0.25) is 0 Å². The van der Waals surface area contributed by atoms with E-state index in [0.717, 1.165) is 5.52 Å². The van der Waals surface area contributed by atoms with Gasteiger partial charge >= 0.3 is 5.16 Å². The van der Waals surface area contributed by atoms with Crippen molar-refractivity contribution in [1.82, 2.24) is 15.0 Å². The molecule has 0 bridgehead atoms. The van der Waals surface area contributed by atoms with E-state index >= 15 is 0 Å². The van der Waals surface area contributed by atoms with E-state index in [-0.39, 0.29) is 21.5 Å². The monoisotopic (exact) mass is 309 g/mol. The number of H-pyrrole nitrogens is 1. The van der Waals surface area contributed by atoms with Gasteiger partial charge < -0.3 is 4.55 Å². The highest BCUT2D eigenvalue weighted by molar-refractivity contribution is 7.90. The third kappa shape index (κ3) is 2.49. The normalized spacial score (nSPS) is 12.8. The van der Waals surface area contributed by atoms with Crippen LogP contribution in [0, 0.1) is 5.82 Å². The van der Waals surface area contributed by atoms with Crippen LogP contribution in [0.5, 0.6) is 0 Å². The molecule has 7 heteroatoms. The summed E-state index contributed by atoms with van der Waals surface area (Å²) < 4.78 is 25.9. The minimum absolute atomic E-state index is 0.0290. The smallest absolute Gasteiger partial charge is 0.322 e. The maximum absolute atomic E-state index is 13.7. The van der Waals surface area contributed by atoms with Gasteiger partial charge in [-0.1, -0.05) is 17.7 Å². The highest BCUT2D eigenvalue weighted by Crippen LogP contribution is 2.24. The summed E-state index contributed by atoms with van der Waals surface area (Å²) in [4.78, 5) is 11.1. The number of imidazole rings is 1. The first-order valence-corrected chi connectivity index (χ1v) is 7.46. The Morgan fingerprint density at radius 2 is 2.20 bits per heavy atom. The van der Waals surface area contributed by atoms with Crippen LogP contribution in [0.1, 0.15) is 5.56 Å². The van der Waals surface area contributed by atoms with E-state index in [1.54, 1.807) is 24.5 Å². The molecule has 1 aromatic carbocycles. The third-order valence-electron chi connectivity index (χ3n) is 2.82. The van der Waals surface area contributed by atoms with Crippen molar-refractivity contribution < 1.29 is 8.94 Å². The summed E-state index contributed by atoms with van der Waals surface area (Å²) in [7, 11) is 0. The number of rotatable bonds is 3. The maximum Gasteiger partial charge on any atom is 0.322 e. The van der Waals surface area contributed by atoms with E-state index in [0.29, 0.717) is 5.52 Å². The Balaban J connectivity index is 1.91. The Kier molecular flexibility index (Phi) is 3.60. The third-order valence-corrected chi connectivity index (χ3v) is 4.35. The second-order valence-corrected chi connectivity index (χ2v) is 5.90. The number of fused-ring (bicyclic) bond motifs is 1. The number of pyridine rings is 1. The first kappa shape index (κ1) is 13.4. The van der Waals surface area contributed by atoms with Crippen LogP contribution in [0.2, 0.25) is 5.02 Å². The van der Waals surface area contributed by atoms with Gasteiger partial charge in [0.15, 0.2) is 0 Å². The van der Waals surface area contributed by atoms with Gasteiger partial charge in [0.05, 0.1) is 22.3 Å². The molecule has 1 unspecified atom stereocenters. The van der Waals surface area contributed by atoms with E-state index in [4.69, 9.17) is 11.6 Å². The molecule has 0 amide bonds. The molecule has 1 N–H and O–H groups in total. The van der Waals surface area contributed by atoms with Crippen LogP contribution in [-0.4, -0.2) is 19.5 Å². The zero-order valence-corrected chi connectivity index (χ0v) is 11.7. The maximum atomic E-state index is 13.7. The predicted octanol–water partition coefficient (Wildman–Crippen LogP) is 3.06. The molecule has 102 valence electrons. The largest absolute Gasteiger partial charge is 0.609 e. The van der Waals surface area contributed by atoms with E-state index in [2.05, 4.69) is 15.0 Å². The highest BCUT2D eigenvalue weighted by Gasteiger charge is 2.20. The number of hydrogen-bond donors (Lipinski definition) is 1. The minimum Gasteiger partial charge on any atom is -0.609 e. The molecule has 0 spiro atoms. The fourth-order valence-corrected chi connectivity index (χ4v) is 3.24. The summed E-state index contributed by atoms with van der Waals surface area (Å²) in [5, 5.41) is 0.545. The molecule has 0 aliphatic carbocycles. The number of nitrogens with zero attached hydrogens (tertiary/aromatic N) is 2. The lowest BCUT2D eigenvalue weighted by molar-refractivity contribution is 0.581. The summed E-state index contributed by atoms with van der Waals surface area (Å²) in [5.74, 6) is -0.498. The van der Waals surface area contributed by atoms with Crippen LogP contribution in [0.15, 0.2) is 41.8 Å². The minimum atomic E-state index is -1.51. The summed E-state index contributed by atoms with van der Waals surface area (Å²) in [6.07, 6.45) is 3.18. The first-order valence-electron chi connectivity index (χ1n) is 5.76. The lowest BCUT2D eigenvalue weighted by atomic mass is 10.2. The fraction of sp³-hybridized carbons (Fsp3) is 0.0769. The fourth-order valence-electron chi connectivity index (χ4n) is 1.81. The molecule has 0 radical (unpaired) electrons. The van der Waals surface area contributed by atoms with E-state index in [1.165, 1.54) is 12.1 Å². The van der Waals surface area contributed by atoms with E-state index in [9.17, 15) is 8.94 Å². The van der Waals surface area contributed by atoms with Crippen molar-refractivity contribution >= 4 is 33.8 Å². The second kappa shape index (κ2) is 5.40.